The van der Waals surface area contributed by atoms with Gasteiger partial charge in [-0.2, -0.15) is 0 Å². The van der Waals surface area contributed by atoms with E-state index in [0.717, 1.165) is 28.3 Å². The minimum absolute atomic E-state index is 0.00205. The van der Waals surface area contributed by atoms with Gasteiger partial charge in [-0.3, -0.25) is 14.5 Å². The maximum absolute atomic E-state index is 13.1. The molecule has 1 aliphatic rings. The summed E-state index contributed by atoms with van der Waals surface area (Å²) in [6, 6.07) is 7.42. The van der Waals surface area contributed by atoms with Crippen molar-refractivity contribution < 1.29 is 18.4 Å². The van der Waals surface area contributed by atoms with E-state index in [1.165, 1.54) is 12.1 Å². The van der Waals surface area contributed by atoms with Gasteiger partial charge in [-0.1, -0.05) is 17.7 Å². The summed E-state index contributed by atoms with van der Waals surface area (Å²) < 4.78 is 18.3. The number of hydrogen-bond donors (Lipinski definition) is 0. The van der Waals surface area contributed by atoms with E-state index >= 15 is 0 Å². The Labute approximate surface area is 152 Å². The first-order chi connectivity index (χ1) is 11.9. The van der Waals surface area contributed by atoms with E-state index in [-0.39, 0.29) is 16.8 Å². The lowest BCUT2D eigenvalue weighted by Crippen LogP contribution is -2.27. The van der Waals surface area contributed by atoms with E-state index in [1.807, 2.05) is 6.92 Å². The van der Waals surface area contributed by atoms with Crippen LogP contribution in [0, 0.1) is 5.82 Å². The Kier molecular flexibility index (Phi) is 5.11. The number of imide groups is 1. The summed E-state index contributed by atoms with van der Waals surface area (Å²) in [7, 11) is 0. The van der Waals surface area contributed by atoms with Gasteiger partial charge in [-0.05, 0) is 66.2 Å². The van der Waals surface area contributed by atoms with Gasteiger partial charge < -0.3 is 4.42 Å². The number of rotatable bonds is 4. The average molecular weight is 378 g/mol. The number of halogens is 2. The molecule has 1 fully saturated rings. The Balaban J connectivity index is 1.79. The average Bonchev–Trinajstić information content (AvgIpc) is 3.13. The van der Waals surface area contributed by atoms with Crippen molar-refractivity contribution in [2.45, 2.75) is 13.5 Å². The lowest BCUT2D eigenvalue weighted by atomic mass is 10.2. The van der Waals surface area contributed by atoms with Crippen LogP contribution in [0.4, 0.5) is 9.18 Å². The maximum Gasteiger partial charge on any atom is 0.293 e. The first kappa shape index (κ1) is 17.5. The Bertz CT molecular complexity index is 890. The fraction of sp³-hybridized carbons (Fsp3) is 0.111. The van der Waals surface area contributed by atoms with Crippen molar-refractivity contribution in [3.8, 4) is 0 Å². The second kappa shape index (κ2) is 7.29. The van der Waals surface area contributed by atoms with Gasteiger partial charge in [-0.15, -0.1) is 0 Å². The summed E-state index contributed by atoms with van der Waals surface area (Å²) in [5.74, 6) is -0.213. The molecule has 0 N–H and O–H groups in total. The van der Waals surface area contributed by atoms with Crippen molar-refractivity contribution in [3.05, 3.63) is 75.3 Å². The second-order valence-corrected chi connectivity index (χ2v) is 6.81. The van der Waals surface area contributed by atoms with Gasteiger partial charge in [0.05, 0.1) is 17.7 Å². The SMILES string of the molecule is CC(/C=C1\SC(=O)N(Cc2ccc(F)cc2Cl)C1=O)=C\c1ccco1. The van der Waals surface area contributed by atoms with Crippen LogP contribution in [0.5, 0.6) is 0 Å². The number of furan rings is 1. The summed E-state index contributed by atoms with van der Waals surface area (Å²) in [5.41, 5.74) is 1.29. The van der Waals surface area contributed by atoms with Crippen LogP contribution in [0.1, 0.15) is 18.2 Å². The number of hydrogen-bond acceptors (Lipinski definition) is 4. The molecular formula is C18H13ClFNO3S. The van der Waals surface area contributed by atoms with E-state index < -0.39 is 11.7 Å². The number of thioether (sulfide) groups is 1. The van der Waals surface area contributed by atoms with E-state index in [0.29, 0.717) is 16.2 Å². The molecule has 2 aromatic rings. The third-order valence-corrected chi connectivity index (χ3v) is 4.75. The van der Waals surface area contributed by atoms with Crippen molar-refractivity contribution in [1.29, 1.82) is 0 Å². The van der Waals surface area contributed by atoms with Crippen molar-refractivity contribution in [2.75, 3.05) is 0 Å². The molecule has 0 unspecified atom stereocenters. The van der Waals surface area contributed by atoms with Gasteiger partial charge in [0.1, 0.15) is 11.6 Å². The van der Waals surface area contributed by atoms with Gasteiger partial charge >= 0.3 is 0 Å². The molecule has 0 spiro atoms. The largest absolute Gasteiger partial charge is 0.465 e. The van der Waals surface area contributed by atoms with Crippen LogP contribution in [-0.4, -0.2) is 16.0 Å². The first-order valence-electron chi connectivity index (χ1n) is 7.35. The summed E-state index contributed by atoms with van der Waals surface area (Å²) in [5, 5.41) is -0.209. The highest BCUT2D eigenvalue weighted by Crippen LogP contribution is 2.33. The highest BCUT2D eigenvalue weighted by Gasteiger charge is 2.35. The molecule has 4 nitrogen and oxygen atoms in total. The molecule has 7 heteroatoms. The Hall–Kier alpha value is -2.31. The second-order valence-electron chi connectivity index (χ2n) is 5.41. The number of benzene rings is 1. The fourth-order valence-corrected chi connectivity index (χ4v) is 3.42. The summed E-state index contributed by atoms with van der Waals surface area (Å²) in [6.07, 6.45) is 4.96. The minimum Gasteiger partial charge on any atom is -0.465 e. The Morgan fingerprint density at radius 2 is 2.16 bits per heavy atom. The normalized spacial score (nSPS) is 17.0. The van der Waals surface area contributed by atoms with Crippen LogP contribution in [0.25, 0.3) is 6.08 Å². The molecule has 128 valence electrons. The van der Waals surface area contributed by atoms with E-state index in [1.54, 1.807) is 30.5 Å². The van der Waals surface area contributed by atoms with Crippen molar-refractivity contribution in [1.82, 2.24) is 4.90 Å². The van der Waals surface area contributed by atoms with Gasteiger partial charge in [0.2, 0.25) is 0 Å². The molecule has 0 radical (unpaired) electrons. The quantitative estimate of drug-likeness (QED) is 0.682. The standard InChI is InChI=1S/C18H13ClFNO3S/c1-11(7-14-3-2-6-24-14)8-16-17(22)21(18(23)25-16)10-12-4-5-13(20)9-15(12)19/h2-9H,10H2,1H3/b11-7+,16-8-. The summed E-state index contributed by atoms with van der Waals surface area (Å²) >= 11 is 6.83. The van der Waals surface area contributed by atoms with Crippen LogP contribution in [0.15, 0.2) is 57.6 Å². The molecule has 3 rings (SSSR count). The van der Waals surface area contributed by atoms with Crippen LogP contribution in [-0.2, 0) is 11.3 Å². The van der Waals surface area contributed by atoms with E-state index in [4.69, 9.17) is 16.0 Å². The molecule has 0 saturated carbocycles. The van der Waals surface area contributed by atoms with E-state index in [2.05, 4.69) is 0 Å². The van der Waals surface area contributed by atoms with Crippen LogP contribution >= 0.6 is 23.4 Å². The first-order valence-corrected chi connectivity index (χ1v) is 8.54. The summed E-state index contributed by atoms with van der Waals surface area (Å²) in [4.78, 5) is 26.0. The number of carbonyl (C=O) groups is 2. The summed E-state index contributed by atoms with van der Waals surface area (Å²) in [6.45, 7) is 1.81. The lowest BCUT2D eigenvalue weighted by molar-refractivity contribution is -0.123. The monoisotopic (exact) mass is 377 g/mol. The number of carbonyl (C=O) groups excluding carboxylic acids is 2. The van der Waals surface area contributed by atoms with E-state index in [9.17, 15) is 14.0 Å². The highest BCUT2D eigenvalue weighted by atomic mass is 35.5. The highest BCUT2D eigenvalue weighted by molar-refractivity contribution is 8.18. The zero-order valence-corrected chi connectivity index (χ0v) is 14.7. The predicted molar refractivity (Wildman–Crippen MR) is 95.4 cm³/mol. The van der Waals surface area contributed by atoms with Crippen LogP contribution in [0.3, 0.4) is 0 Å². The van der Waals surface area contributed by atoms with Crippen LogP contribution < -0.4 is 0 Å². The molecule has 1 aromatic heterocycles. The molecule has 2 heterocycles. The predicted octanol–water partition coefficient (Wildman–Crippen LogP) is 5.25. The van der Waals surface area contributed by atoms with Crippen molar-refractivity contribution >= 4 is 40.6 Å². The smallest absolute Gasteiger partial charge is 0.293 e. The third kappa shape index (κ3) is 4.03. The van der Waals surface area contributed by atoms with Crippen LogP contribution in [0.2, 0.25) is 5.02 Å². The fourth-order valence-electron chi connectivity index (χ4n) is 2.30. The Morgan fingerprint density at radius 1 is 1.36 bits per heavy atom. The number of amides is 2. The number of allylic oxidation sites excluding steroid dienone is 2. The number of nitrogens with zero attached hydrogens (tertiary/aromatic N) is 1. The molecule has 1 aliphatic heterocycles. The van der Waals surface area contributed by atoms with Gasteiger partial charge in [0.15, 0.2) is 0 Å². The molecule has 0 bridgehead atoms. The molecular weight excluding hydrogens is 365 g/mol. The maximum atomic E-state index is 13.1. The molecule has 0 atom stereocenters. The molecule has 25 heavy (non-hydrogen) atoms. The van der Waals surface area contributed by atoms with Crippen molar-refractivity contribution in [3.63, 3.8) is 0 Å². The Morgan fingerprint density at radius 3 is 2.84 bits per heavy atom. The molecule has 1 saturated heterocycles. The molecule has 1 aromatic carbocycles. The van der Waals surface area contributed by atoms with Crippen molar-refractivity contribution in [2.24, 2.45) is 0 Å². The van der Waals surface area contributed by atoms with Gasteiger partial charge in [-0.25, -0.2) is 4.39 Å². The lowest BCUT2D eigenvalue weighted by Gasteiger charge is -2.13. The van der Waals surface area contributed by atoms with Gasteiger partial charge in [0, 0.05) is 5.02 Å². The topological polar surface area (TPSA) is 50.5 Å². The third-order valence-electron chi connectivity index (χ3n) is 3.49. The molecule has 2 amide bonds. The van der Waals surface area contributed by atoms with Gasteiger partial charge in [0.25, 0.3) is 11.1 Å². The zero-order valence-electron chi connectivity index (χ0n) is 13.2. The molecule has 0 aliphatic carbocycles. The minimum atomic E-state index is -0.471. The zero-order chi connectivity index (χ0) is 18.0.